The van der Waals surface area contributed by atoms with Gasteiger partial charge in [-0.15, -0.1) is 25.7 Å². The second-order valence-electron chi connectivity index (χ2n) is 7.62. The average Bonchev–Trinajstić information content (AvgIpc) is 3.79. The van der Waals surface area contributed by atoms with Crippen LogP contribution in [0, 0.1) is 25.7 Å². The van der Waals surface area contributed by atoms with Gasteiger partial charge in [0, 0.05) is 0 Å². The maximum absolute atomic E-state index is 13.7. The van der Waals surface area contributed by atoms with E-state index < -0.39 is 23.5 Å². The topological polar surface area (TPSA) is 66.8 Å². The van der Waals surface area contributed by atoms with Gasteiger partial charge in [0.05, 0.1) is 17.7 Å². The Labute approximate surface area is 217 Å². The second kappa shape index (κ2) is 17.3. The molecule has 1 aliphatic carbocycles. The predicted molar refractivity (Wildman–Crippen MR) is 142 cm³/mol. The van der Waals surface area contributed by atoms with E-state index in [-0.39, 0.29) is 23.1 Å². The van der Waals surface area contributed by atoms with Gasteiger partial charge in [-0.25, -0.2) is 4.79 Å². The summed E-state index contributed by atoms with van der Waals surface area (Å²) >= 11 is 0. The SMILES string of the molecule is C#C.C#C.C/C=C(O)\C(=C/Cc1ccc(-c2cccc(OCCC)c2)c(C(F)(F)F)c1)C(=O)O.C1CC1. The molecule has 1 saturated carbocycles. The van der Waals surface area contributed by atoms with Gasteiger partial charge in [0.25, 0.3) is 0 Å². The molecule has 0 radical (unpaired) electrons. The molecule has 4 nitrogen and oxygen atoms in total. The zero-order valence-corrected chi connectivity index (χ0v) is 21.1. The minimum absolute atomic E-state index is 0.00642. The van der Waals surface area contributed by atoms with Crippen molar-refractivity contribution in [3.8, 4) is 42.6 Å². The smallest absolute Gasteiger partial charge is 0.417 e. The van der Waals surface area contributed by atoms with Crippen LogP contribution in [-0.4, -0.2) is 22.8 Å². The zero-order chi connectivity index (χ0) is 28.4. The average molecular weight is 515 g/mol. The Morgan fingerprint density at radius 2 is 1.65 bits per heavy atom. The summed E-state index contributed by atoms with van der Waals surface area (Å²) in [4.78, 5) is 11.2. The molecule has 2 N–H and O–H groups in total. The number of carboxylic acid groups (broad SMARTS) is 1. The molecule has 37 heavy (non-hydrogen) atoms. The lowest BCUT2D eigenvalue weighted by Crippen LogP contribution is -2.08. The fourth-order valence-electron chi connectivity index (χ4n) is 2.85. The third-order valence-corrected chi connectivity index (χ3v) is 4.68. The van der Waals surface area contributed by atoms with Crippen molar-refractivity contribution >= 4 is 5.97 Å². The van der Waals surface area contributed by atoms with Crippen LogP contribution < -0.4 is 4.74 Å². The number of halogens is 3. The van der Waals surface area contributed by atoms with Crippen LogP contribution in [0.3, 0.4) is 0 Å². The Kier molecular flexibility index (Phi) is 15.4. The summed E-state index contributed by atoms with van der Waals surface area (Å²) in [5.74, 6) is -1.32. The number of carboxylic acids is 1. The van der Waals surface area contributed by atoms with Gasteiger partial charge in [-0.3, -0.25) is 0 Å². The third-order valence-electron chi connectivity index (χ3n) is 4.68. The number of rotatable bonds is 8. The molecule has 7 heteroatoms. The van der Waals surface area contributed by atoms with E-state index in [2.05, 4.69) is 25.7 Å². The van der Waals surface area contributed by atoms with Crippen molar-refractivity contribution < 1.29 is 32.9 Å². The number of aliphatic hydroxyl groups is 1. The van der Waals surface area contributed by atoms with Gasteiger partial charge in [-0.2, -0.15) is 13.2 Å². The number of hydrogen-bond donors (Lipinski definition) is 2. The van der Waals surface area contributed by atoms with Gasteiger partial charge in [0.1, 0.15) is 11.5 Å². The standard InChI is InChI=1S/C23H23F3O4.C3H6.2C2H2/c1-3-12-30-17-7-5-6-16(14-17)18-10-8-15(13-20(18)23(24,25)26)9-11-19(22(28)29)21(27)4-2;1-2-3-1;2*1-2/h4-8,10-11,13-14,27H,3,9,12H2,1-2H3,(H,28,29);1-3H2;2*1-2H/b19-11+,21-4+;;;. The quantitative estimate of drug-likeness (QED) is 0.163. The van der Waals surface area contributed by atoms with E-state index >= 15 is 0 Å². The summed E-state index contributed by atoms with van der Waals surface area (Å²) in [6, 6.07) is 10.3. The third kappa shape index (κ3) is 11.9. The maximum atomic E-state index is 13.7. The molecule has 0 aliphatic heterocycles. The molecule has 0 atom stereocenters. The number of carbonyl (C=O) groups is 1. The highest BCUT2D eigenvalue weighted by Gasteiger charge is 2.34. The van der Waals surface area contributed by atoms with Crippen LogP contribution >= 0.6 is 0 Å². The van der Waals surface area contributed by atoms with Crippen molar-refractivity contribution in [3.63, 3.8) is 0 Å². The lowest BCUT2D eigenvalue weighted by Gasteiger charge is -2.15. The molecular formula is C30H33F3O4. The van der Waals surface area contributed by atoms with Crippen molar-refractivity contribution in [2.45, 2.75) is 52.1 Å². The molecule has 0 unspecified atom stereocenters. The Morgan fingerprint density at radius 1 is 1.03 bits per heavy atom. The number of benzene rings is 2. The van der Waals surface area contributed by atoms with Gasteiger partial charge in [-0.05, 0) is 60.7 Å². The van der Waals surface area contributed by atoms with Gasteiger partial charge in [0.15, 0.2) is 0 Å². The highest BCUT2D eigenvalue weighted by molar-refractivity contribution is 5.90. The summed E-state index contributed by atoms with van der Waals surface area (Å²) in [6.07, 6.45) is 19.0. The van der Waals surface area contributed by atoms with Crippen molar-refractivity contribution in [1.82, 2.24) is 0 Å². The molecule has 3 rings (SSSR count). The van der Waals surface area contributed by atoms with Crippen molar-refractivity contribution in [1.29, 1.82) is 0 Å². The van der Waals surface area contributed by atoms with E-state index in [1.54, 1.807) is 24.3 Å². The molecule has 1 fully saturated rings. The molecular weight excluding hydrogens is 481 g/mol. The normalized spacial score (nSPS) is 12.4. The highest BCUT2D eigenvalue weighted by Crippen LogP contribution is 2.38. The second-order valence-corrected chi connectivity index (χ2v) is 7.62. The number of aliphatic carboxylic acids is 1. The number of aliphatic hydroxyl groups excluding tert-OH is 1. The lowest BCUT2D eigenvalue weighted by molar-refractivity contribution is -0.137. The van der Waals surface area contributed by atoms with E-state index in [0.29, 0.717) is 17.9 Å². The number of allylic oxidation sites excluding steroid dienone is 2. The molecule has 0 spiro atoms. The number of hydrogen-bond acceptors (Lipinski definition) is 3. The van der Waals surface area contributed by atoms with Gasteiger partial charge < -0.3 is 14.9 Å². The Bertz CT molecular complexity index is 1080. The fraction of sp³-hybridized carbons (Fsp3) is 0.300. The summed E-state index contributed by atoms with van der Waals surface area (Å²) in [7, 11) is 0. The fourth-order valence-corrected chi connectivity index (χ4v) is 2.85. The van der Waals surface area contributed by atoms with Crippen LogP contribution in [0.1, 0.15) is 50.7 Å². The summed E-state index contributed by atoms with van der Waals surface area (Å²) < 4.78 is 46.7. The monoisotopic (exact) mass is 514 g/mol. The minimum Gasteiger partial charge on any atom is -0.507 e. The molecule has 2 aromatic rings. The number of alkyl halides is 3. The predicted octanol–water partition coefficient (Wildman–Crippen LogP) is 7.85. The molecule has 0 aromatic heterocycles. The van der Waals surface area contributed by atoms with E-state index in [1.807, 2.05) is 6.92 Å². The van der Waals surface area contributed by atoms with Crippen LogP contribution in [0.25, 0.3) is 11.1 Å². The highest BCUT2D eigenvalue weighted by atomic mass is 19.4. The van der Waals surface area contributed by atoms with Crippen LogP contribution in [0.2, 0.25) is 0 Å². The molecule has 0 heterocycles. The van der Waals surface area contributed by atoms with Crippen LogP contribution in [-0.2, 0) is 17.4 Å². The van der Waals surface area contributed by atoms with Gasteiger partial charge >= 0.3 is 12.1 Å². The van der Waals surface area contributed by atoms with E-state index in [9.17, 15) is 23.1 Å². The Hall–Kier alpha value is -4.10. The van der Waals surface area contributed by atoms with Crippen molar-refractivity contribution in [2.75, 3.05) is 6.61 Å². The van der Waals surface area contributed by atoms with Crippen molar-refractivity contribution in [2.24, 2.45) is 0 Å². The maximum Gasteiger partial charge on any atom is 0.417 e. The molecule has 198 valence electrons. The van der Waals surface area contributed by atoms with Crippen LogP contribution in [0.4, 0.5) is 13.2 Å². The molecule has 0 amide bonds. The Morgan fingerprint density at radius 3 is 2.14 bits per heavy atom. The van der Waals surface area contributed by atoms with Gasteiger partial charge in [0.2, 0.25) is 0 Å². The number of terminal acetylenes is 2. The molecule has 0 bridgehead atoms. The Balaban J connectivity index is 0.00000165. The zero-order valence-electron chi connectivity index (χ0n) is 21.1. The summed E-state index contributed by atoms with van der Waals surface area (Å²) in [5, 5.41) is 18.8. The largest absolute Gasteiger partial charge is 0.507 e. The van der Waals surface area contributed by atoms with E-state index in [0.717, 1.165) is 12.5 Å². The van der Waals surface area contributed by atoms with Crippen LogP contribution in [0.15, 0.2) is 65.9 Å². The van der Waals surface area contributed by atoms with E-state index in [4.69, 9.17) is 9.84 Å². The minimum atomic E-state index is -4.60. The molecule has 0 saturated heterocycles. The van der Waals surface area contributed by atoms with Crippen LogP contribution in [0.5, 0.6) is 5.75 Å². The first kappa shape index (κ1) is 32.9. The molecule has 1 aliphatic rings. The number of ether oxygens (including phenoxy) is 1. The van der Waals surface area contributed by atoms with Crippen molar-refractivity contribution in [3.05, 3.63) is 77.1 Å². The first-order valence-corrected chi connectivity index (χ1v) is 11.6. The summed E-state index contributed by atoms with van der Waals surface area (Å²) in [6.45, 7) is 3.86. The van der Waals surface area contributed by atoms with Gasteiger partial charge in [-0.1, -0.05) is 56.5 Å². The first-order chi connectivity index (χ1) is 17.7. The lowest BCUT2D eigenvalue weighted by atomic mass is 9.95. The van der Waals surface area contributed by atoms with E-state index in [1.165, 1.54) is 50.5 Å². The first-order valence-electron chi connectivity index (χ1n) is 11.6. The summed E-state index contributed by atoms with van der Waals surface area (Å²) in [5.41, 5.74) is -0.543. The molecule has 2 aromatic carbocycles.